The van der Waals surface area contributed by atoms with Crippen LogP contribution >= 0.6 is 0 Å². The number of aromatic nitrogens is 1. The number of nitrogens with zero attached hydrogens (tertiary/aromatic N) is 2. The Morgan fingerprint density at radius 3 is 2.36 bits per heavy atom. The summed E-state index contributed by atoms with van der Waals surface area (Å²) < 4.78 is 5.35. The van der Waals surface area contributed by atoms with E-state index in [1.54, 1.807) is 37.5 Å². The molecule has 1 aromatic heterocycles. The van der Waals surface area contributed by atoms with E-state index in [-0.39, 0.29) is 5.91 Å². The van der Waals surface area contributed by atoms with Crippen molar-refractivity contribution in [2.75, 3.05) is 18.5 Å². The quantitative estimate of drug-likeness (QED) is 0.713. The van der Waals surface area contributed by atoms with Gasteiger partial charge in [0.2, 0.25) is 0 Å². The fraction of sp³-hybridized carbons (Fsp3) is 0.136. The SMILES string of the molecule is CN(C(=O)Oc1ccc(C(=O)NCCc2ccccn2)cc1)c1ccccc1. The van der Waals surface area contributed by atoms with E-state index in [0.717, 1.165) is 11.4 Å². The van der Waals surface area contributed by atoms with Crippen LogP contribution in [0.5, 0.6) is 5.75 Å². The Hall–Kier alpha value is -3.67. The highest BCUT2D eigenvalue weighted by Gasteiger charge is 2.13. The van der Waals surface area contributed by atoms with Gasteiger partial charge in [-0.1, -0.05) is 24.3 Å². The molecule has 0 saturated carbocycles. The summed E-state index contributed by atoms with van der Waals surface area (Å²) in [5, 5.41) is 2.85. The number of hydrogen-bond acceptors (Lipinski definition) is 4. The van der Waals surface area contributed by atoms with Crippen LogP contribution in [0.1, 0.15) is 16.1 Å². The maximum Gasteiger partial charge on any atom is 0.419 e. The largest absolute Gasteiger partial charge is 0.419 e. The molecular formula is C22H21N3O3. The first-order chi connectivity index (χ1) is 13.6. The van der Waals surface area contributed by atoms with E-state index in [1.807, 2.05) is 48.5 Å². The van der Waals surface area contributed by atoms with E-state index in [0.29, 0.717) is 24.3 Å². The standard InChI is InChI=1S/C22H21N3O3/c1-25(19-8-3-2-4-9-19)22(27)28-20-12-10-17(11-13-20)21(26)24-16-14-18-7-5-6-15-23-18/h2-13,15H,14,16H2,1H3,(H,24,26). The molecule has 0 bridgehead atoms. The summed E-state index contributed by atoms with van der Waals surface area (Å²) in [6, 6.07) is 21.4. The minimum atomic E-state index is -0.501. The Balaban J connectivity index is 1.51. The van der Waals surface area contributed by atoms with E-state index < -0.39 is 6.09 Å². The molecule has 0 unspecified atom stereocenters. The summed E-state index contributed by atoms with van der Waals surface area (Å²) >= 11 is 0. The minimum absolute atomic E-state index is 0.185. The number of amides is 2. The minimum Gasteiger partial charge on any atom is -0.410 e. The average Bonchev–Trinajstić information content (AvgIpc) is 2.75. The van der Waals surface area contributed by atoms with Crippen molar-refractivity contribution < 1.29 is 14.3 Å². The summed E-state index contributed by atoms with van der Waals surface area (Å²) in [6.07, 6.45) is 1.89. The third-order valence-corrected chi connectivity index (χ3v) is 4.13. The normalized spacial score (nSPS) is 10.2. The van der Waals surface area contributed by atoms with E-state index in [2.05, 4.69) is 10.3 Å². The average molecular weight is 375 g/mol. The van der Waals surface area contributed by atoms with Crippen LogP contribution in [-0.2, 0) is 6.42 Å². The van der Waals surface area contributed by atoms with Crippen molar-refractivity contribution >= 4 is 17.7 Å². The summed E-state index contributed by atoms with van der Waals surface area (Å²) in [7, 11) is 1.64. The van der Waals surface area contributed by atoms with Gasteiger partial charge in [-0.05, 0) is 48.5 Å². The molecule has 6 nitrogen and oxygen atoms in total. The van der Waals surface area contributed by atoms with Crippen LogP contribution in [0, 0.1) is 0 Å². The number of carbonyl (C=O) groups is 2. The van der Waals surface area contributed by atoms with Gasteiger partial charge in [0.25, 0.3) is 5.91 Å². The number of rotatable bonds is 6. The molecule has 0 radical (unpaired) electrons. The van der Waals surface area contributed by atoms with Gasteiger partial charge in [-0.3, -0.25) is 14.7 Å². The molecule has 0 spiro atoms. The molecule has 6 heteroatoms. The van der Waals surface area contributed by atoms with Gasteiger partial charge in [0.1, 0.15) is 5.75 Å². The number of ether oxygens (including phenoxy) is 1. The van der Waals surface area contributed by atoms with E-state index in [4.69, 9.17) is 4.74 Å². The van der Waals surface area contributed by atoms with E-state index in [1.165, 1.54) is 4.90 Å². The summed E-state index contributed by atoms with van der Waals surface area (Å²) in [5.41, 5.74) is 2.15. The first-order valence-corrected chi connectivity index (χ1v) is 8.92. The molecule has 1 heterocycles. The van der Waals surface area contributed by atoms with Crippen molar-refractivity contribution in [3.05, 3.63) is 90.3 Å². The van der Waals surface area contributed by atoms with Gasteiger partial charge in [0.15, 0.2) is 0 Å². The van der Waals surface area contributed by atoms with E-state index >= 15 is 0 Å². The predicted octanol–water partition coefficient (Wildman–Crippen LogP) is 3.69. The molecule has 1 N–H and O–H groups in total. The van der Waals surface area contributed by atoms with Crippen molar-refractivity contribution in [1.29, 1.82) is 0 Å². The lowest BCUT2D eigenvalue weighted by Gasteiger charge is -2.16. The molecule has 0 fully saturated rings. The molecular weight excluding hydrogens is 354 g/mol. The highest BCUT2D eigenvalue weighted by molar-refractivity contribution is 5.94. The van der Waals surface area contributed by atoms with Crippen molar-refractivity contribution in [3.8, 4) is 5.75 Å². The van der Waals surface area contributed by atoms with Crippen molar-refractivity contribution in [1.82, 2.24) is 10.3 Å². The van der Waals surface area contributed by atoms with Crippen LogP contribution < -0.4 is 15.0 Å². The number of carbonyl (C=O) groups excluding carboxylic acids is 2. The molecule has 0 aliphatic rings. The zero-order valence-corrected chi connectivity index (χ0v) is 15.5. The number of para-hydroxylation sites is 1. The lowest BCUT2D eigenvalue weighted by molar-refractivity contribution is 0.0954. The summed E-state index contributed by atoms with van der Waals surface area (Å²) in [6.45, 7) is 0.494. The third kappa shape index (κ3) is 5.17. The van der Waals surface area contributed by atoms with Crippen molar-refractivity contribution in [3.63, 3.8) is 0 Å². The van der Waals surface area contributed by atoms with Gasteiger partial charge in [0, 0.05) is 43.2 Å². The highest BCUT2D eigenvalue weighted by Crippen LogP contribution is 2.16. The second-order valence-electron chi connectivity index (χ2n) is 6.11. The van der Waals surface area contributed by atoms with Gasteiger partial charge in [-0.15, -0.1) is 0 Å². The first-order valence-electron chi connectivity index (χ1n) is 8.92. The number of pyridine rings is 1. The third-order valence-electron chi connectivity index (χ3n) is 4.13. The lowest BCUT2D eigenvalue weighted by Crippen LogP contribution is -2.29. The number of anilines is 1. The van der Waals surface area contributed by atoms with E-state index in [9.17, 15) is 9.59 Å². The monoisotopic (exact) mass is 375 g/mol. The maximum atomic E-state index is 12.2. The number of benzene rings is 2. The zero-order chi connectivity index (χ0) is 19.8. The maximum absolute atomic E-state index is 12.2. The van der Waals surface area contributed by atoms with Crippen LogP contribution in [0.3, 0.4) is 0 Å². The topological polar surface area (TPSA) is 71.5 Å². The number of nitrogens with one attached hydrogen (secondary N) is 1. The fourth-order valence-corrected chi connectivity index (χ4v) is 2.55. The van der Waals surface area contributed by atoms with Gasteiger partial charge >= 0.3 is 6.09 Å². The Kier molecular flexibility index (Phi) is 6.36. The highest BCUT2D eigenvalue weighted by atomic mass is 16.6. The Bertz CT molecular complexity index is 913. The molecule has 3 rings (SSSR count). The second kappa shape index (κ2) is 9.32. The Labute approximate surface area is 163 Å². The van der Waals surface area contributed by atoms with Gasteiger partial charge in [-0.25, -0.2) is 4.79 Å². The van der Waals surface area contributed by atoms with Crippen LogP contribution in [0.25, 0.3) is 0 Å². The smallest absolute Gasteiger partial charge is 0.410 e. The molecule has 0 aliphatic carbocycles. The van der Waals surface area contributed by atoms with Crippen LogP contribution in [-0.4, -0.2) is 30.6 Å². The Morgan fingerprint density at radius 1 is 0.964 bits per heavy atom. The molecule has 2 amide bonds. The fourth-order valence-electron chi connectivity index (χ4n) is 2.55. The Morgan fingerprint density at radius 2 is 1.68 bits per heavy atom. The molecule has 3 aromatic rings. The predicted molar refractivity (Wildman–Crippen MR) is 108 cm³/mol. The summed E-state index contributed by atoms with van der Waals surface area (Å²) in [4.78, 5) is 30.1. The van der Waals surface area contributed by atoms with Crippen molar-refractivity contribution in [2.45, 2.75) is 6.42 Å². The molecule has 142 valence electrons. The first kappa shape index (κ1) is 19.1. The molecule has 0 saturated heterocycles. The van der Waals surface area contributed by atoms with Crippen molar-refractivity contribution in [2.24, 2.45) is 0 Å². The van der Waals surface area contributed by atoms with Crippen LogP contribution in [0.4, 0.5) is 10.5 Å². The summed E-state index contributed by atoms with van der Waals surface area (Å²) in [5.74, 6) is 0.188. The molecule has 0 aliphatic heterocycles. The molecule has 28 heavy (non-hydrogen) atoms. The second-order valence-corrected chi connectivity index (χ2v) is 6.11. The van der Waals surface area contributed by atoms with Gasteiger partial charge in [0.05, 0.1) is 0 Å². The molecule has 0 atom stereocenters. The van der Waals surface area contributed by atoms with Crippen LogP contribution in [0.15, 0.2) is 79.0 Å². The van der Waals surface area contributed by atoms with Gasteiger partial charge < -0.3 is 10.1 Å². The molecule has 2 aromatic carbocycles. The van der Waals surface area contributed by atoms with Gasteiger partial charge in [-0.2, -0.15) is 0 Å². The zero-order valence-electron chi connectivity index (χ0n) is 15.5. The lowest BCUT2D eigenvalue weighted by atomic mass is 10.2. The number of hydrogen-bond donors (Lipinski definition) is 1. The van der Waals surface area contributed by atoms with Crippen LogP contribution in [0.2, 0.25) is 0 Å².